The van der Waals surface area contributed by atoms with Crippen LogP contribution in [0, 0.1) is 10.1 Å². The normalized spacial score (nSPS) is 10.5. The van der Waals surface area contributed by atoms with Crippen LogP contribution in [0.5, 0.6) is 0 Å². The molecule has 1 N–H and O–H groups in total. The van der Waals surface area contributed by atoms with Gasteiger partial charge < -0.3 is 10.1 Å². The van der Waals surface area contributed by atoms with Crippen molar-refractivity contribution in [3.8, 4) is 0 Å². The smallest absolute Gasteiger partial charge is 0.310 e. The number of carbonyl (C=O) groups is 2. The largest absolute Gasteiger partial charge is 0.455 e. The first kappa shape index (κ1) is 19.3. The van der Waals surface area contributed by atoms with Crippen molar-refractivity contribution >= 4 is 45.6 Å². The molecular formula is C20H15ClN2O5. The number of hydrogen-bond donors (Lipinski definition) is 1. The van der Waals surface area contributed by atoms with E-state index in [4.69, 9.17) is 16.3 Å². The van der Waals surface area contributed by atoms with Crippen molar-refractivity contribution in [1.82, 2.24) is 0 Å². The Kier molecular flexibility index (Phi) is 5.86. The van der Waals surface area contributed by atoms with Crippen molar-refractivity contribution in [2.45, 2.75) is 6.42 Å². The van der Waals surface area contributed by atoms with E-state index in [9.17, 15) is 19.7 Å². The molecule has 0 aliphatic rings. The number of nitro benzene ring substituents is 1. The van der Waals surface area contributed by atoms with Gasteiger partial charge in [0.1, 0.15) is 5.69 Å². The number of ether oxygens (including phenoxy) is 1. The van der Waals surface area contributed by atoms with Gasteiger partial charge in [-0.2, -0.15) is 0 Å². The molecule has 0 bridgehead atoms. The second-order valence-electron chi connectivity index (χ2n) is 5.94. The first-order valence-corrected chi connectivity index (χ1v) is 8.68. The number of benzene rings is 3. The SMILES string of the molecule is O=C(COC(=O)Cc1cccc2ccccc12)Nc1cc(Cl)ccc1[N+](=O)[O-]. The van der Waals surface area contributed by atoms with Crippen molar-refractivity contribution in [2.24, 2.45) is 0 Å². The van der Waals surface area contributed by atoms with Crippen LogP contribution in [0.15, 0.2) is 60.7 Å². The number of halogens is 1. The van der Waals surface area contributed by atoms with Crippen LogP contribution < -0.4 is 5.32 Å². The number of nitrogens with one attached hydrogen (secondary N) is 1. The fourth-order valence-electron chi connectivity index (χ4n) is 2.75. The Morgan fingerprint density at radius 3 is 2.61 bits per heavy atom. The molecule has 0 fully saturated rings. The summed E-state index contributed by atoms with van der Waals surface area (Å²) < 4.78 is 5.01. The first-order valence-electron chi connectivity index (χ1n) is 8.30. The highest BCUT2D eigenvalue weighted by molar-refractivity contribution is 6.31. The molecule has 0 atom stereocenters. The van der Waals surface area contributed by atoms with Gasteiger partial charge >= 0.3 is 5.97 Å². The third kappa shape index (κ3) is 4.63. The average molecular weight is 399 g/mol. The van der Waals surface area contributed by atoms with Gasteiger partial charge in [-0.3, -0.25) is 19.7 Å². The Bertz CT molecular complexity index is 1060. The molecule has 0 saturated carbocycles. The lowest BCUT2D eigenvalue weighted by Gasteiger charge is -2.09. The number of fused-ring (bicyclic) bond motifs is 1. The molecule has 7 nitrogen and oxygen atoms in total. The van der Waals surface area contributed by atoms with E-state index in [2.05, 4.69) is 5.32 Å². The summed E-state index contributed by atoms with van der Waals surface area (Å²) in [6, 6.07) is 17.0. The van der Waals surface area contributed by atoms with Crippen molar-refractivity contribution < 1.29 is 19.2 Å². The summed E-state index contributed by atoms with van der Waals surface area (Å²) in [6.45, 7) is -0.562. The maximum atomic E-state index is 12.1. The maximum absolute atomic E-state index is 12.1. The fourth-order valence-corrected chi connectivity index (χ4v) is 2.93. The highest BCUT2D eigenvalue weighted by Gasteiger charge is 2.17. The van der Waals surface area contributed by atoms with E-state index in [-0.39, 0.29) is 22.8 Å². The van der Waals surface area contributed by atoms with E-state index >= 15 is 0 Å². The van der Waals surface area contributed by atoms with Crippen LogP contribution in [-0.4, -0.2) is 23.4 Å². The van der Waals surface area contributed by atoms with Gasteiger partial charge in [-0.1, -0.05) is 54.1 Å². The number of rotatable bonds is 6. The van der Waals surface area contributed by atoms with Crippen LogP contribution in [-0.2, 0) is 20.7 Å². The predicted molar refractivity (Wildman–Crippen MR) is 105 cm³/mol. The molecule has 28 heavy (non-hydrogen) atoms. The van der Waals surface area contributed by atoms with Crippen molar-refractivity contribution in [3.63, 3.8) is 0 Å². The lowest BCUT2D eigenvalue weighted by atomic mass is 10.0. The minimum Gasteiger partial charge on any atom is -0.455 e. The molecule has 0 aliphatic heterocycles. The molecule has 0 radical (unpaired) electrons. The second-order valence-corrected chi connectivity index (χ2v) is 6.38. The Labute approximate surface area is 165 Å². The number of nitro groups is 1. The van der Waals surface area contributed by atoms with Crippen LogP contribution in [0.2, 0.25) is 5.02 Å². The summed E-state index contributed by atoms with van der Waals surface area (Å²) in [5.74, 6) is -1.27. The van der Waals surface area contributed by atoms with Gasteiger partial charge in [0.2, 0.25) is 0 Å². The number of anilines is 1. The molecule has 0 saturated heterocycles. The monoisotopic (exact) mass is 398 g/mol. The van der Waals surface area contributed by atoms with Crippen LogP contribution in [0.25, 0.3) is 10.8 Å². The molecule has 3 aromatic rings. The lowest BCUT2D eigenvalue weighted by Crippen LogP contribution is -2.22. The molecule has 0 aromatic heterocycles. The highest BCUT2D eigenvalue weighted by Crippen LogP contribution is 2.27. The van der Waals surface area contributed by atoms with Crippen LogP contribution in [0.4, 0.5) is 11.4 Å². The second kappa shape index (κ2) is 8.49. The predicted octanol–water partition coefficient (Wildman–Crippen LogP) is 4.13. The quantitative estimate of drug-likeness (QED) is 0.382. The maximum Gasteiger partial charge on any atom is 0.310 e. The molecule has 1 amide bonds. The van der Waals surface area contributed by atoms with E-state index in [1.54, 1.807) is 0 Å². The molecular weight excluding hydrogens is 384 g/mol. The van der Waals surface area contributed by atoms with Crippen molar-refractivity contribution in [2.75, 3.05) is 11.9 Å². The van der Waals surface area contributed by atoms with E-state index in [0.29, 0.717) is 0 Å². The molecule has 8 heteroatoms. The topological polar surface area (TPSA) is 98.5 Å². The summed E-state index contributed by atoms with van der Waals surface area (Å²) in [4.78, 5) is 34.5. The minimum atomic E-state index is -0.698. The Balaban J connectivity index is 1.61. The van der Waals surface area contributed by atoms with Gasteiger partial charge in [0.15, 0.2) is 6.61 Å². The zero-order valence-electron chi connectivity index (χ0n) is 14.6. The summed E-state index contributed by atoms with van der Waals surface area (Å²) in [6.07, 6.45) is 0.00590. The van der Waals surface area contributed by atoms with E-state index in [0.717, 1.165) is 16.3 Å². The van der Waals surface area contributed by atoms with Crippen LogP contribution >= 0.6 is 11.6 Å². The number of esters is 1. The molecule has 0 unspecified atom stereocenters. The third-order valence-electron chi connectivity index (χ3n) is 4.01. The summed E-state index contributed by atoms with van der Waals surface area (Å²) >= 11 is 5.81. The van der Waals surface area contributed by atoms with Crippen molar-refractivity contribution in [1.29, 1.82) is 0 Å². The van der Waals surface area contributed by atoms with E-state index in [1.807, 2.05) is 42.5 Å². The number of hydrogen-bond acceptors (Lipinski definition) is 5. The lowest BCUT2D eigenvalue weighted by molar-refractivity contribution is -0.383. The minimum absolute atomic E-state index is 0.00590. The Morgan fingerprint density at radius 1 is 1.07 bits per heavy atom. The highest BCUT2D eigenvalue weighted by atomic mass is 35.5. The van der Waals surface area contributed by atoms with Gasteiger partial charge in [0, 0.05) is 11.1 Å². The average Bonchev–Trinajstić information content (AvgIpc) is 2.66. The standard InChI is InChI=1S/C20H15ClN2O5/c21-15-8-9-18(23(26)27)17(11-15)22-19(24)12-28-20(25)10-14-6-3-5-13-4-1-2-7-16(13)14/h1-9,11H,10,12H2,(H,22,24). The Morgan fingerprint density at radius 2 is 1.82 bits per heavy atom. The fraction of sp³-hybridized carbons (Fsp3) is 0.100. The van der Waals surface area contributed by atoms with E-state index < -0.39 is 23.4 Å². The first-order chi connectivity index (χ1) is 13.4. The zero-order chi connectivity index (χ0) is 20.1. The van der Waals surface area contributed by atoms with Crippen molar-refractivity contribution in [3.05, 3.63) is 81.4 Å². The van der Waals surface area contributed by atoms with Gasteiger partial charge in [-0.05, 0) is 28.5 Å². The molecule has 3 aromatic carbocycles. The van der Waals surface area contributed by atoms with E-state index in [1.165, 1.54) is 18.2 Å². The Hall–Kier alpha value is -3.45. The summed E-state index contributed by atoms with van der Waals surface area (Å²) in [5.41, 5.74) is 0.418. The van der Waals surface area contributed by atoms with Crippen LogP contribution in [0.1, 0.15) is 5.56 Å². The van der Waals surface area contributed by atoms with Gasteiger partial charge in [0.25, 0.3) is 11.6 Å². The van der Waals surface area contributed by atoms with Gasteiger partial charge in [0.05, 0.1) is 11.3 Å². The summed E-state index contributed by atoms with van der Waals surface area (Å²) in [5, 5.41) is 15.5. The number of carbonyl (C=O) groups excluding carboxylic acids is 2. The molecule has 3 rings (SSSR count). The zero-order valence-corrected chi connectivity index (χ0v) is 15.3. The van der Waals surface area contributed by atoms with Crippen LogP contribution in [0.3, 0.4) is 0 Å². The summed E-state index contributed by atoms with van der Waals surface area (Å²) in [7, 11) is 0. The number of nitrogens with zero attached hydrogens (tertiary/aromatic N) is 1. The van der Waals surface area contributed by atoms with Gasteiger partial charge in [-0.15, -0.1) is 0 Å². The molecule has 0 spiro atoms. The number of amides is 1. The third-order valence-corrected chi connectivity index (χ3v) is 4.24. The molecule has 0 aliphatic carbocycles. The molecule has 0 heterocycles. The molecule has 142 valence electrons. The van der Waals surface area contributed by atoms with Gasteiger partial charge in [-0.25, -0.2) is 0 Å².